The molecule has 1 N–H and O–H groups in total. The molecule has 2 aromatic rings. The predicted molar refractivity (Wildman–Crippen MR) is 119 cm³/mol. The first-order valence-electron chi connectivity index (χ1n) is 8.84. The number of halogens is 1. The van der Waals surface area contributed by atoms with Crippen molar-refractivity contribution in [1.29, 1.82) is 0 Å². The number of unbranched alkanes of at least 4 members (excludes halogenated alkanes) is 1. The van der Waals surface area contributed by atoms with Crippen molar-refractivity contribution in [3.8, 4) is 0 Å². The molecule has 0 unspecified atom stereocenters. The van der Waals surface area contributed by atoms with Gasteiger partial charge in [-0.15, -0.1) is 24.0 Å². The van der Waals surface area contributed by atoms with Gasteiger partial charge in [0.15, 0.2) is 5.96 Å². The van der Waals surface area contributed by atoms with Gasteiger partial charge >= 0.3 is 0 Å². The van der Waals surface area contributed by atoms with E-state index in [9.17, 15) is 0 Å². The van der Waals surface area contributed by atoms with Gasteiger partial charge in [0.1, 0.15) is 0 Å². The molecule has 0 spiro atoms. The number of aromatic nitrogens is 1. The zero-order chi connectivity index (χ0) is 17.9. The fraction of sp³-hybridized carbons (Fsp3) is 0.450. The number of rotatable bonds is 9. The van der Waals surface area contributed by atoms with Crippen LogP contribution >= 0.6 is 24.0 Å². The van der Waals surface area contributed by atoms with Crippen LogP contribution in [0.25, 0.3) is 0 Å². The molecule has 1 heterocycles. The van der Waals surface area contributed by atoms with Crippen molar-refractivity contribution in [3.63, 3.8) is 0 Å². The summed E-state index contributed by atoms with van der Waals surface area (Å²) in [6, 6.07) is 14.5. The number of aryl methyl sites for hydroxylation is 1. The molecule has 0 amide bonds. The fourth-order valence-electron chi connectivity index (χ4n) is 2.66. The summed E-state index contributed by atoms with van der Waals surface area (Å²) in [6.45, 7) is 3.21. The molecular weight excluding hydrogens is 439 g/mol. The maximum absolute atomic E-state index is 5.71. The zero-order valence-electron chi connectivity index (χ0n) is 16.0. The molecule has 0 fully saturated rings. The number of hydrogen-bond donors (Lipinski definition) is 1. The van der Waals surface area contributed by atoms with E-state index < -0.39 is 0 Å². The second-order valence-corrected chi connectivity index (χ2v) is 6.19. The summed E-state index contributed by atoms with van der Waals surface area (Å²) in [5.74, 6) is 0.923. The standard InChI is InChI=1S/C20H30N4O.HI/c1-21-20(24(3)16-19-12-9-14-23(19)2)22-13-7-8-15-25-17-18-10-5-4-6-11-18;/h4-6,9-12,14H,7-8,13,15-17H2,1-3H3,(H,21,22);1H. The van der Waals surface area contributed by atoms with Gasteiger partial charge in [-0.3, -0.25) is 4.99 Å². The van der Waals surface area contributed by atoms with Crippen LogP contribution in [0.1, 0.15) is 24.1 Å². The van der Waals surface area contributed by atoms with Crippen molar-refractivity contribution in [2.45, 2.75) is 26.0 Å². The van der Waals surface area contributed by atoms with Crippen LogP contribution in [0.3, 0.4) is 0 Å². The van der Waals surface area contributed by atoms with E-state index in [2.05, 4.69) is 64.3 Å². The van der Waals surface area contributed by atoms with E-state index in [1.807, 2.05) is 25.2 Å². The normalized spacial score (nSPS) is 11.1. The average molecular weight is 470 g/mol. The first-order chi connectivity index (χ1) is 12.2. The van der Waals surface area contributed by atoms with Crippen LogP contribution in [0.5, 0.6) is 0 Å². The lowest BCUT2D eigenvalue weighted by Crippen LogP contribution is -2.39. The Morgan fingerprint density at radius 1 is 1.15 bits per heavy atom. The Hall–Kier alpha value is -1.54. The summed E-state index contributed by atoms with van der Waals surface area (Å²) in [6.07, 6.45) is 4.17. The van der Waals surface area contributed by atoms with Crippen LogP contribution in [-0.4, -0.2) is 42.7 Å². The van der Waals surface area contributed by atoms with Gasteiger partial charge in [-0.2, -0.15) is 0 Å². The van der Waals surface area contributed by atoms with E-state index in [-0.39, 0.29) is 24.0 Å². The Balaban J connectivity index is 0.00000338. The number of hydrogen-bond acceptors (Lipinski definition) is 2. The molecule has 0 aliphatic carbocycles. The summed E-state index contributed by atoms with van der Waals surface area (Å²) < 4.78 is 7.85. The van der Waals surface area contributed by atoms with Gasteiger partial charge in [0.05, 0.1) is 13.2 Å². The van der Waals surface area contributed by atoms with Gasteiger partial charge in [0, 0.05) is 46.2 Å². The molecule has 1 aromatic heterocycles. The molecule has 26 heavy (non-hydrogen) atoms. The number of aliphatic imine (C=N–C) groups is 1. The average Bonchev–Trinajstić information content (AvgIpc) is 3.03. The van der Waals surface area contributed by atoms with Crippen molar-refractivity contribution in [1.82, 2.24) is 14.8 Å². The molecule has 6 heteroatoms. The number of benzene rings is 1. The SMILES string of the molecule is CN=C(NCCCCOCc1ccccc1)N(C)Cc1cccn1C.I. The first-order valence-corrected chi connectivity index (χ1v) is 8.84. The predicted octanol–water partition coefficient (Wildman–Crippen LogP) is 3.65. The number of guanidine groups is 1. The minimum Gasteiger partial charge on any atom is -0.377 e. The second kappa shape index (κ2) is 12.8. The molecule has 0 aliphatic rings. The maximum Gasteiger partial charge on any atom is 0.193 e. The van der Waals surface area contributed by atoms with Crippen LogP contribution in [0.2, 0.25) is 0 Å². The first kappa shape index (κ1) is 22.5. The second-order valence-electron chi connectivity index (χ2n) is 6.19. The van der Waals surface area contributed by atoms with E-state index >= 15 is 0 Å². The summed E-state index contributed by atoms with van der Waals surface area (Å²) in [5, 5.41) is 3.42. The minimum absolute atomic E-state index is 0. The number of nitrogens with one attached hydrogen (secondary N) is 1. The van der Waals surface area contributed by atoms with Gasteiger partial charge in [-0.1, -0.05) is 30.3 Å². The molecule has 0 radical (unpaired) electrons. The maximum atomic E-state index is 5.71. The highest BCUT2D eigenvalue weighted by Crippen LogP contribution is 2.04. The number of nitrogens with zero attached hydrogens (tertiary/aromatic N) is 3. The van der Waals surface area contributed by atoms with Crippen LogP contribution in [0.4, 0.5) is 0 Å². The van der Waals surface area contributed by atoms with Crippen molar-refractivity contribution in [3.05, 3.63) is 59.9 Å². The Bertz CT molecular complexity index is 642. The van der Waals surface area contributed by atoms with Gasteiger partial charge < -0.3 is 19.5 Å². The molecular formula is C20H31IN4O. The highest BCUT2D eigenvalue weighted by atomic mass is 127. The largest absolute Gasteiger partial charge is 0.377 e. The Kier molecular flexibility index (Phi) is 11.0. The van der Waals surface area contributed by atoms with Crippen molar-refractivity contribution in [2.24, 2.45) is 12.0 Å². The van der Waals surface area contributed by atoms with Crippen LogP contribution in [0.15, 0.2) is 53.7 Å². The van der Waals surface area contributed by atoms with Crippen molar-refractivity contribution in [2.75, 3.05) is 27.2 Å². The monoisotopic (exact) mass is 470 g/mol. The molecule has 0 saturated carbocycles. The molecule has 2 rings (SSSR count). The Labute approximate surface area is 174 Å². The Morgan fingerprint density at radius 3 is 2.58 bits per heavy atom. The molecule has 0 bridgehead atoms. The molecule has 0 aliphatic heterocycles. The van der Waals surface area contributed by atoms with Crippen molar-refractivity contribution < 1.29 is 4.74 Å². The quantitative estimate of drug-likeness (QED) is 0.263. The topological polar surface area (TPSA) is 41.8 Å². The van der Waals surface area contributed by atoms with Crippen LogP contribution in [0, 0.1) is 0 Å². The van der Waals surface area contributed by atoms with Crippen LogP contribution in [-0.2, 0) is 24.9 Å². The van der Waals surface area contributed by atoms with E-state index in [0.29, 0.717) is 6.61 Å². The highest BCUT2D eigenvalue weighted by molar-refractivity contribution is 14.0. The third-order valence-electron chi connectivity index (χ3n) is 4.13. The molecule has 5 nitrogen and oxygen atoms in total. The molecule has 144 valence electrons. The minimum atomic E-state index is 0. The Morgan fingerprint density at radius 2 is 1.92 bits per heavy atom. The lowest BCUT2D eigenvalue weighted by molar-refractivity contribution is 0.117. The molecule has 1 aromatic carbocycles. The summed E-state index contributed by atoms with van der Waals surface area (Å²) in [5.41, 5.74) is 2.49. The van der Waals surface area contributed by atoms with Gasteiger partial charge in [-0.05, 0) is 30.5 Å². The third kappa shape index (κ3) is 7.78. The van der Waals surface area contributed by atoms with E-state index in [1.54, 1.807) is 0 Å². The molecule has 0 atom stereocenters. The zero-order valence-corrected chi connectivity index (χ0v) is 18.3. The van der Waals surface area contributed by atoms with Gasteiger partial charge in [-0.25, -0.2) is 0 Å². The summed E-state index contributed by atoms with van der Waals surface area (Å²) >= 11 is 0. The number of ether oxygens (including phenoxy) is 1. The fourth-order valence-corrected chi connectivity index (χ4v) is 2.66. The van der Waals surface area contributed by atoms with Crippen LogP contribution < -0.4 is 5.32 Å². The highest BCUT2D eigenvalue weighted by Gasteiger charge is 2.07. The van der Waals surface area contributed by atoms with E-state index in [0.717, 1.165) is 38.5 Å². The van der Waals surface area contributed by atoms with Crippen molar-refractivity contribution >= 4 is 29.9 Å². The van der Waals surface area contributed by atoms with E-state index in [4.69, 9.17) is 4.74 Å². The lowest BCUT2D eigenvalue weighted by Gasteiger charge is -2.22. The van der Waals surface area contributed by atoms with Gasteiger partial charge in [0.25, 0.3) is 0 Å². The lowest BCUT2D eigenvalue weighted by atomic mass is 10.2. The molecule has 0 saturated heterocycles. The smallest absolute Gasteiger partial charge is 0.193 e. The summed E-state index contributed by atoms with van der Waals surface area (Å²) in [7, 11) is 5.95. The summed E-state index contributed by atoms with van der Waals surface area (Å²) in [4.78, 5) is 6.50. The van der Waals surface area contributed by atoms with Gasteiger partial charge in [0.2, 0.25) is 0 Å². The third-order valence-corrected chi connectivity index (χ3v) is 4.13. The van der Waals surface area contributed by atoms with E-state index in [1.165, 1.54) is 11.3 Å².